The van der Waals surface area contributed by atoms with Crippen molar-refractivity contribution in [3.8, 4) is 23.0 Å². The van der Waals surface area contributed by atoms with Crippen molar-refractivity contribution in [3.05, 3.63) is 97.7 Å². The molecular weight excluding hydrogens is 781 g/mol. The lowest BCUT2D eigenvalue weighted by atomic mass is 10.2. The second kappa shape index (κ2) is 13.8. The van der Waals surface area contributed by atoms with Crippen molar-refractivity contribution in [2.24, 2.45) is 0 Å². The number of nitrogens with two attached hydrogens (primary N) is 3. The molecule has 4 aromatic carbocycles. The van der Waals surface area contributed by atoms with Crippen LogP contribution in [0.15, 0.2) is 57.5 Å². The molecule has 0 spiro atoms. The molecule has 0 aliphatic carbocycles. The minimum absolute atomic E-state index is 0.0306. The second-order valence-electron chi connectivity index (χ2n) is 7.55. The van der Waals surface area contributed by atoms with Gasteiger partial charge in [-0.05, 0) is 68.3 Å². The number of nitro benzene ring substituents is 1. The fraction of sp³-hybridized carbons (Fsp3) is 0. The lowest BCUT2D eigenvalue weighted by Gasteiger charge is -2.13. The summed E-state index contributed by atoms with van der Waals surface area (Å²) in [6, 6.07) is 12.1. The van der Waals surface area contributed by atoms with Gasteiger partial charge in [0.15, 0.2) is 5.75 Å². The Morgan fingerprint density at radius 2 is 1.10 bits per heavy atom. The van der Waals surface area contributed by atoms with Crippen LogP contribution in [0.1, 0.15) is 0 Å². The highest BCUT2D eigenvalue weighted by atomic mass is 79.9. The van der Waals surface area contributed by atoms with Gasteiger partial charge >= 0.3 is 5.69 Å². The highest BCUT2D eigenvalue weighted by Gasteiger charge is 2.25. The second-order valence-corrected chi connectivity index (χ2v) is 11.7. The van der Waals surface area contributed by atoms with E-state index in [-0.39, 0.29) is 38.7 Å². The van der Waals surface area contributed by atoms with E-state index in [2.05, 4.69) is 31.9 Å². The average molecular weight is 795 g/mol. The number of nitro groups is 1. The van der Waals surface area contributed by atoms with Gasteiger partial charge in [-0.1, -0.05) is 69.6 Å². The Morgan fingerprint density at radius 1 is 0.675 bits per heavy atom. The van der Waals surface area contributed by atoms with Crippen LogP contribution >= 0.6 is 101 Å². The van der Waals surface area contributed by atoms with Crippen LogP contribution in [0.5, 0.6) is 23.0 Å². The predicted octanol–water partition coefficient (Wildman–Crippen LogP) is 11.1. The number of hydrogen-bond acceptors (Lipinski definition) is 7. The maximum atomic E-state index is 11.1. The first-order valence-electron chi connectivity index (χ1n) is 10.4. The van der Waals surface area contributed by atoms with Crippen LogP contribution in [0.2, 0.25) is 30.1 Å². The number of hydrogen-bond donors (Lipinski definition) is 3. The molecule has 6 N–H and O–H groups in total. The third kappa shape index (κ3) is 7.63. The van der Waals surface area contributed by atoms with E-state index in [0.717, 1.165) is 0 Å². The highest BCUT2D eigenvalue weighted by molar-refractivity contribution is 9.10. The number of rotatable bonds is 5. The molecule has 0 aromatic heterocycles. The van der Waals surface area contributed by atoms with Gasteiger partial charge in [-0.15, -0.1) is 0 Å². The maximum absolute atomic E-state index is 11.1. The number of halogens is 8. The van der Waals surface area contributed by atoms with Gasteiger partial charge in [0.05, 0.1) is 36.4 Å². The van der Waals surface area contributed by atoms with E-state index in [1.807, 2.05) is 0 Å². The first kappa shape index (κ1) is 32.5. The van der Waals surface area contributed by atoms with Crippen LogP contribution in [0.3, 0.4) is 0 Å². The van der Waals surface area contributed by atoms with Crippen molar-refractivity contribution in [1.82, 2.24) is 0 Å². The van der Waals surface area contributed by atoms with Gasteiger partial charge < -0.3 is 26.7 Å². The lowest BCUT2D eigenvalue weighted by Crippen LogP contribution is -1.99. The molecule has 0 saturated carbocycles. The van der Waals surface area contributed by atoms with E-state index in [0.29, 0.717) is 40.5 Å². The first-order valence-corrected chi connectivity index (χ1v) is 14.3. The molecule has 8 nitrogen and oxygen atoms in total. The topological polar surface area (TPSA) is 140 Å². The molecule has 4 rings (SSSR count). The van der Waals surface area contributed by atoms with Crippen LogP contribution < -0.4 is 26.7 Å². The molecule has 0 aliphatic heterocycles. The normalized spacial score (nSPS) is 10.5. The molecule has 0 atom stereocenters. The number of anilines is 3. The largest absolute Gasteiger partial charge is 0.452 e. The molecule has 0 bridgehead atoms. The zero-order valence-corrected chi connectivity index (χ0v) is 27.2. The number of nitrogens with zero attached hydrogens (tertiary/aromatic N) is 1. The zero-order chi connectivity index (χ0) is 29.9. The first-order chi connectivity index (χ1) is 18.7. The summed E-state index contributed by atoms with van der Waals surface area (Å²) >= 11 is 42.5. The highest BCUT2D eigenvalue weighted by Crippen LogP contribution is 2.46. The van der Waals surface area contributed by atoms with Crippen molar-refractivity contribution in [1.29, 1.82) is 0 Å². The van der Waals surface area contributed by atoms with Crippen molar-refractivity contribution in [2.45, 2.75) is 0 Å². The predicted molar refractivity (Wildman–Crippen MR) is 171 cm³/mol. The molecule has 0 saturated heterocycles. The molecule has 0 fully saturated rings. The van der Waals surface area contributed by atoms with Gasteiger partial charge in [0.2, 0.25) is 5.75 Å². The van der Waals surface area contributed by atoms with Crippen LogP contribution in [0, 0.1) is 10.1 Å². The summed E-state index contributed by atoms with van der Waals surface area (Å²) in [6.07, 6.45) is 0. The third-order valence-corrected chi connectivity index (χ3v) is 8.34. The molecule has 0 heterocycles. The van der Waals surface area contributed by atoms with Gasteiger partial charge in [0.25, 0.3) is 0 Å². The molecule has 16 heteroatoms. The third-order valence-electron chi connectivity index (χ3n) is 4.82. The molecule has 40 heavy (non-hydrogen) atoms. The molecular formula is C24H14Br2Cl6N4O4. The molecule has 0 aliphatic rings. The fourth-order valence-electron chi connectivity index (χ4n) is 2.97. The SMILES string of the molecule is Nc1ccc(Cl)c(Oc2cc(Cl)cc(Br)c2Cl)c1N.Nc1ccc(Cl)c(Oc2cc(Cl)cc(Br)c2Cl)c1[N+](=O)[O-]. The van der Waals surface area contributed by atoms with Gasteiger partial charge in [0.1, 0.15) is 17.2 Å². The summed E-state index contributed by atoms with van der Waals surface area (Å²) in [5.74, 6) is 0.502. The van der Waals surface area contributed by atoms with Gasteiger partial charge in [-0.2, -0.15) is 0 Å². The van der Waals surface area contributed by atoms with Crippen LogP contribution in [-0.2, 0) is 0 Å². The summed E-state index contributed by atoms with van der Waals surface area (Å²) in [4.78, 5) is 10.4. The summed E-state index contributed by atoms with van der Waals surface area (Å²) in [5.41, 5.74) is 17.3. The molecule has 0 unspecified atom stereocenters. The molecule has 210 valence electrons. The zero-order valence-electron chi connectivity index (χ0n) is 19.5. The fourth-order valence-corrected chi connectivity index (χ4v) is 5.23. The Morgan fingerprint density at radius 3 is 1.57 bits per heavy atom. The van der Waals surface area contributed by atoms with E-state index < -0.39 is 10.6 Å². The Balaban J connectivity index is 0.000000222. The lowest BCUT2D eigenvalue weighted by molar-refractivity contribution is -0.384. The summed E-state index contributed by atoms with van der Waals surface area (Å²) in [6.45, 7) is 0. The van der Waals surface area contributed by atoms with E-state index in [1.54, 1.807) is 30.3 Å². The number of nitrogen functional groups attached to an aromatic ring is 3. The monoisotopic (exact) mass is 790 g/mol. The van der Waals surface area contributed by atoms with Crippen LogP contribution in [0.25, 0.3) is 0 Å². The van der Waals surface area contributed by atoms with Crippen molar-refractivity contribution < 1.29 is 14.4 Å². The number of ether oxygens (including phenoxy) is 2. The number of benzene rings is 4. The quantitative estimate of drug-likeness (QED) is 0.0791. The van der Waals surface area contributed by atoms with Gasteiger partial charge in [0, 0.05) is 31.1 Å². The smallest absolute Gasteiger partial charge is 0.335 e. The van der Waals surface area contributed by atoms with Crippen molar-refractivity contribution in [2.75, 3.05) is 17.2 Å². The van der Waals surface area contributed by atoms with E-state index in [1.165, 1.54) is 18.2 Å². The molecule has 0 amide bonds. The van der Waals surface area contributed by atoms with Crippen molar-refractivity contribution in [3.63, 3.8) is 0 Å². The summed E-state index contributed by atoms with van der Waals surface area (Å²) in [7, 11) is 0. The van der Waals surface area contributed by atoms with Crippen molar-refractivity contribution >= 4 is 124 Å². The Hall–Kier alpha value is -2.02. The average Bonchev–Trinajstić information content (AvgIpc) is 2.87. The molecule has 0 radical (unpaired) electrons. The minimum Gasteiger partial charge on any atom is -0.452 e. The van der Waals surface area contributed by atoms with Gasteiger partial charge in [-0.3, -0.25) is 10.1 Å². The molecule has 4 aromatic rings. The standard InChI is InChI=1S/C12H6BrCl3N2O3.C12H8BrCl3N2O/c13-6-3-5(14)4-9(10(6)16)21-12-7(15)1-2-8(17)11(12)18(19)20;13-6-3-5(14)4-9(10(6)16)19-12-7(15)1-2-8(17)11(12)18/h1-4H,17H2;1-4H,17-18H2. The Kier molecular flexibility index (Phi) is 11.2. The summed E-state index contributed by atoms with van der Waals surface area (Å²) < 4.78 is 12.2. The Labute approximate surface area is 274 Å². The minimum atomic E-state index is -0.677. The summed E-state index contributed by atoms with van der Waals surface area (Å²) in [5, 5.41) is 12.8. The maximum Gasteiger partial charge on any atom is 0.335 e. The van der Waals surface area contributed by atoms with E-state index in [4.69, 9.17) is 96.3 Å². The Bertz CT molecular complexity index is 1630. The van der Waals surface area contributed by atoms with E-state index >= 15 is 0 Å². The van der Waals surface area contributed by atoms with Gasteiger partial charge in [-0.25, -0.2) is 0 Å². The van der Waals surface area contributed by atoms with Crippen LogP contribution in [-0.4, -0.2) is 4.92 Å². The van der Waals surface area contributed by atoms with E-state index in [9.17, 15) is 10.1 Å². The van der Waals surface area contributed by atoms with Crippen LogP contribution in [0.4, 0.5) is 22.7 Å².